The fraction of sp³-hybridized carbons (Fsp3) is 0.619. The maximum absolute atomic E-state index is 12.6. The van der Waals surface area contributed by atoms with Gasteiger partial charge in [-0.25, -0.2) is 0 Å². The Morgan fingerprint density at radius 2 is 2.08 bits per heavy atom. The second kappa shape index (κ2) is 7.03. The molecule has 1 aliphatic heterocycles. The van der Waals surface area contributed by atoms with Gasteiger partial charge in [-0.15, -0.1) is 0 Å². The Labute approximate surface area is 154 Å². The number of amides is 1. The van der Waals surface area contributed by atoms with E-state index >= 15 is 0 Å². The van der Waals surface area contributed by atoms with E-state index < -0.39 is 29.8 Å². The molecule has 3 rings (SSSR count). The maximum Gasteiger partial charge on any atom is 0.259 e. The lowest BCUT2D eigenvalue weighted by Gasteiger charge is -2.50. The molecule has 2 aliphatic carbocycles. The van der Waals surface area contributed by atoms with Crippen LogP contribution in [0.2, 0.25) is 0 Å². The molecule has 0 aromatic rings. The first-order valence-electron chi connectivity index (χ1n) is 9.55. The molecule has 1 amide bonds. The molecule has 0 spiro atoms. The summed E-state index contributed by atoms with van der Waals surface area (Å²) in [6.45, 7) is 5.70. The molecule has 3 aliphatic rings. The van der Waals surface area contributed by atoms with E-state index in [0.29, 0.717) is 11.8 Å². The Hall–Kier alpha value is -1.88. The van der Waals surface area contributed by atoms with Crippen molar-refractivity contribution < 1.29 is 19.8 Å². The minimum Gasteiger partial charge on any atom is -0.511 e. The van der Waals surface area contributed by atoms with Gasteiger partial charge in [0.15, 0.2) is 5.78 Å². The fourth-order valence-corrected chi connectivity index (χ4v) is 5.10. The molecule has 1 saturated carbocycles. The normalized spacial score (nSPS) is 42.1. The Morgan fingerprint density at radius 3 is 2.69 bits per heavy atom. The summed E-state index contributed by atoms with van der Waals surface area (Å²) in [6, 6.07) is -0.954. The van der Waals surface area contributed by atoms with Gasteiger partial charge in [-0.05, 0) is 37.5 Å². The number of Topliss-reactive ketones (excluding diaryl/α,β-unsaturated/α-hetero) is 1. The van der Waals surface area contributed by atoms with Crippen LogP contribution >= 0.6 is 0 Å². The van der Waals surface area contributed by atoms with Crippen LogP contribution in [0.5, 0.6) is 0 Å². The zero-order valence-corrected chi connectivity index (χ0v) is 15.7. The first-order valence-corrected chi connectivity index (χ1v) is 9.55. The van der Waals surface area contributed by atoms with Gasteiger partial charge in [-0.3, -0.25) is 9.59 Å². The standard InChI is InChI=1S/C21H29NO4/c1-4-5-14-8-7-13-10-12(2)6-9-15(13)21(14,3)19(25)17-18(24)16(11-23)22-20(17)26/h4-5,7-8,12-16,23,25H,6,9-11H2,1-3H3,(H,22,26)/b5-4+,19-17+/t12-,13-,14?,15-,16+,21-/m1/s1. The summed E-state index contributed by atoms with van der Waals surface area (Å²) in [5.74, 6) is -0.148. The fourth-order valence-electron chi connectivity index (χ4n) is 5.10. The third-order valence-corrected chi connectivity index (χ3v) is 6.61. The predicted molar refractivity (Wildman–Crippen MR) is 99.2 cm³/mol. The summed E-state index contributed by atoms with van der Waals surface area (Å²) in [4.78, 5) is 24.9. The van der Waals surface area contributed by atoms with Gasteiger partial charge in [-0.2, -0.15) is 0 Å². The number of aliphatic hydroxyl groups excluding tert-OH is 2. The predicted octanol–water partition coefficient (Wildman–Crippen LogP) is 2.68. The number of nitrogens with one attached hydrogen (secondary N) is 1. The summed E-state index contributed by atoms with van der Waals surface area (Å²) < 4.78 is 0. The monoisotopic (exact) mass is 359 g/mol. The average molecular weight is 359 g/mol. The highest BCUT2D eigenvalue weighted by atomic mass is 16.3. The highest BCUT2D eigenvalue weighted by molar-refractivity contribution is 6.27. The first-order chi connectivity index (χ1) is 12.3. The smallest absolute Gasteiger partial charge is 0.259 e. The van der Waals surface area contributed by atoms with E-state index in [4.69, 9.17) is 0 Å². The van der Waals surface area contributed by atoms with Gasteiger partial charge in [0.2, 0.25) is 0 Å². The molecule has 1 saturated heterocycles. The van der Waals surface area contributed by atoms with E-state index in [-0.39, 0.29) is 23.2 Å². The second-order valence-corrected chi connectivity index (χ2v) is 8.20. The molecule has 1 heterocycles. The third-order valence-electron chi connectivity index (χ3n) is 6.61. The van der Waals surface area contributed by atoms with Crippen LogP contribution in [-0.4, -0.2) is 34.6 Å². The van der Waals surface area contributed by atoms with Crippen LogP contribution in [0.1, 0.15) is 40.0 Å². The number of rotatable bonds is 3. The van der Waals surface area contributed by atoms with Gasteiger partial charge in [0, 0.05) is 11.3 Å². The van der Waals surface area contributed by atoms with Crippen LogP contribution in [0, 0.1) is 29.1 Å². The molecular weight excluding hydrogens is 330 g/mol. The van der Waals surface area contributed by atoms with Crippen molar-refractivity contribution in [1.29, 1.82) is 0 Å². The van der Waals surface area contributed by atoms with Crippen molar-refractivity contribution >= 4 is 11.7 Å². The molecule has 26 heavy (non-hydrogen) atoms. The van der Waals surface area contributed by atoms with Crippen molar-refractivity contribution in [1.82, 2.24) is 5.32 Å². The lowest BCUT2D eigenvalue weighted by molar-refractivity contribution is -0.118. The van der Waals surface area contributed by atoms with Gasteiger partial charge in [0.25, 0.3) is 5.91 Å². The molecule has 2 fully saturated rings. The highest BCUT2D eigenvalue weighted by Gasteiger charge is 2.52. The Kier molecular flexibility index (Phi) is 5.11. The topological polar surface area (TPSA) is 86.6 Å². The highest BCUT2D eigenvalue weighted by Crippen LogP contribution is 2.55. The van der Waals surface area contributed by atoms with Gasteiger partial charge in [0.05, 0.1) is 6.61 Å². The van der Waals surface area contributed by atoms with Crippen LogP contribution in [-0.2, 0) is 9.59 Å². The van der Waals surface area contributed by atoms with Crippen molar-refractivity contribution in [2.45, 2.75) is 46.1 Å². The molecule has 1 unspecified atom stereocenters. The van der Waals surface area contributed by atoms with Crippen LogP contribution in [0.25, 0.3) is 0 Å². The van der Waals surface area contributed by atoms with Crippen molar-refractivity contribution in [3.63, 3.8) is 0 Å². The zero-order valence-electron chi connectivity index (χ0n) is 15.7. The molecule has 0 aromatic heterocycles. The van der Waals surface area contributed by atoms with Crippen LogP contribution in [0.4, 0.5) is 0 Å². The van der Waals surface area contributed by atoms with E-state index in [1.807, 2.05) is 26.0 Å². The van der Waals surface area contributed by atoms with Gasteiger partial charge in [0.1, 0.15) is 17.4 Å². The van der Waals surface area contributed by atoms with E-state index in [9.17, 15) is 19.8 Å². The van der Waals surface area contributed by atoms with Gasteiger partial charge < -0.3 is 15.5 Å². The summed E-state index contributed by atoms with van der Waals surface area (Å²) in [6.07, 6.45) is 11.4. The van der Waals surface area contributed by atoms with Crippen molar-refractivity contribution in [2.75, 3.05) is 6.61 Å². The van der Waals surface area contributed by atoms with Crippen LogP contribution in [0.15, 0.2) is 35.6 Å². The number of hydrogen-bond donors (Lipinski definition) is 3. The van der Waals surface area contributed by atoms with E-state index in [2.05, 4.69) is 24.4 Å². The van der Waals surface area contributed by atoms with Crippen molar-refractivity contribution in [2.24, 2.45) is 29.1 Å². The molecule has 6 atom stereocenters. The molecule has 5 heteroatoms. The summed E-state index contributed by atoms with van der Waals surface area (Å²) in [5, 5.41) is 23.0. The summed E-state index contributed by atoms with van der Waals surface area (Å²) >= 11 is 0. The van der Waals surface area contributed by atoms with Crippen molar-refractivity contribution in [3.05, 3.63) is 35.6 Å². The second-order valence-electron chi connectivity index (χ2n) is 8.20. The van der Waals surface area contributed by atoms with Gasteiger partial charge >= 0.3 is 0 Å². The van der Waals surface area contributed by atoms with E-state index in [0.717, 1.165) is 19.3 Å². The molecule has 3 N–H and O–H groups in total. The molecule has 0 bridgehead atoms. The summed E-state index contributed by atoms with van der Waals surface area (Å²) in [7, 11) is 0. The minimum absolute atomic E-state index is 0.0802. The Balaban J connectivity index is 2.11. The molecule has 142 valence electrons. The number of ketones is 1. The van der Waals surface area contributed by atoms with Gasteiger partial charge in [-0.1, -0.05) is 44.6 Å². The third kappa shape index (κ3) is 2.82. The average Bonchev–Trinajstić information content (AvgIpc) is 2.90. The maximum atomic E-state index is 12.6. The van der Waals surface area contributed by atoms with Crippen molar-refractivity contribution in [3.8, 4) is 0 Å². The SMILES string of the molecule is C/C=C/C1C=C[C@@H]2C[C@H](C)CC[C@H]2[C@]1(C)/C(O)=C1\C(=O)N[C@@H](CO)C1=O. The molecule has 5 nitrogen and oxygen atoms in total. The minimum atomic E-state index is -0.954. The zero-order chi connectivity index (χ0) is 19.1. The quantitative estimate of drug-likeness (QED) is 0.313. The lowest BCUT2D eigenvalue weighted by Crippen LogP contribution is -2.45. The Bertz CT molecular complexity index is 692. The number of allylic oxidation sites excluding steroid dienone is 5. The lowest BCUT2D eigenvalue weighted by atomic mass is 9.54. The Morgan fingerprint density at radius 1 is 1.35 bits per heavy atom. The van der Waals surface area contributed by atoms with E-state index in [1.165, 1.54) is 0 Å². The largest absolute Gasteiger partial charge is 0.511 e. The number of hydrogen-bond acceptors (Lipinski definition) is 4. The van der Waals surface area contributed by atoms with Crippen LogP contribution in [0.3, 0.4) is 0 Å². The number of fused-ring (bicyclic) bond motifs is 1. The molecule has 0 aromatic carbocycles. The molecular formula is C21H29NO4. The summed E-state index contributed by atoms with van der Waals surface area (Å²) in [5.41, 5.74) is -0.882. The number of carbonyl (C=O) groups is 2. The van der Waals surface area contributed by atoms with E-state index in [1.54, 1.807) is 0 Å². The van der Waals surface area contributed by atoms with Crippen LogP contribution < -0.4 is 5.32 Å². The number of aliphatic hydroxyl groups is 2. The molecule has 0 radical (unpaired) electrons. The first kappa shape index (κ1) is 18.9. The number of carbonyl (C=O) groups excluding carboxylic acids is 2.